The Labute approximate surface area is 109 Å². The zero-order valence-electron chi connectivity index (χ0n) is 11.1. The summed E-state index contributed by atoms with van der Waals surface area (Å²) in [6.45, 7) is 7.62. The largest absolute Gasteiger partial charge is 0.486 e. The van der Waals surface area contributed by atoms with Crippen LogP contribution in [0.4, 0.5) is 5.69 Å². The molecular weight excluding hydrogens is 228 g/mol. The van der Waals surface area contributed by atoms with E-state index in [9.17, 15) is 5.11 Å². The minimum atomic E-state index is -0.471. The number of anilines is 1. The Hall–Kier alpha value is -1.26. The Morgan fingerprint density at radius 3 is 2.56 bits per heavy atom. The molecule has 1 aliphatic heterocycles. The van der Waals surface area contributed by atoms with Crippen molar-refractivity contribution in [3.63, 3.8) is 0 Å². The number of piperazine rings is 1. The van der Waals surface area contributed by atoms with Crippen LogP contribution in [0.25, 0.3) is 0 Å². The molecule has 2 atom stereocenters. The summed E-state index contributed by atoms with van der Waals surface area (Å²) >= 11 is 0. The average Bonchev–Trinajstić information content (AvgIpc) is 2.40. The molecule has 100 valence electrons. The van der Waals surface area contributed by atoms with Crippen LogP contribution in [-0.4, -0.2) is 43.5 Å². The van der Waals surface area contributed by atoms with Crippen LogP contribution < -0.4 is 15.0 Å². The molecule has 1 saturated heterocycles. The molecule has 1 aromatic carbocycles. The van der Waals surface area contributed by atoms with Crippen molar-refractivity contribution >= 4 is 5.69 Å². The molecule has 1 aromatic rings. The number of aliphatic hydroxyl groups is 1. The second-order valence-corrected chi connectivity index (χ2v) is 4.77. The van der Waals surface area contributed by atoms with Crippen molar-refractivity contribution in [2.45, 2.75) is 26.1 Å². The van der Waals surface area contributed by atoms with Gasteiger partial charge in [0, 0.05) is 26.2 Å². The molecule has 1 heterocycles. The van der Waals surface area contributed by atoms with Crippen LogP contribution in [0, 0.1) is 0 Å². The van der Waals surface area contributed by atoms with Crippen molar-refractivity contribution < 1.29 is 9.84 Å². The maximum atomic E-state index is 9.53. The van der Waals surface area contributed by atoms with Gasteiger partial charge >= 0.3 is 0 Å². The third-order valence-electron chi connectivity index (χ3n) is 3.32. The highest BCUT2D eigenvalue weighted by Gasteiger charge is 2.17. The minimum absolute atomic E-state index is 0.200. The van der Waals surface area contributed by atoms with Gasteiger partial charge in [-0.2, -0.15) is 0 Å². The Kier molecular flexibility index (Phi) is 4.44. The van der Waals surface area contributed by atoms with Gasteiger partial charge in [-0.05, 0) is 26.0 Å². The van der Waals surface area contributed by atoms with Gasteiger partial charge in [0.05, 0.1) is 11.8 Å². The zero-order chi connectivity index (χ0) is 13.0. The fraction of sp³-hybridized carbons (Fsp3) is 0.571. The summed E-state index contributed by atoms with van der Waals surface area (Å²) in [5, 5.41) is 12.9. The summed E-state index contributed by atoms with van der Waals surface area (Å²) < 4.78 is 5.85. The van der Waals surface area contributed by atoms with E-state index < -0.39 is 6.10 Å². The number of rotatable bonds is 4. The maximum Gasteiger partial charge on any atom is 0.143 e. The minimum Gasteiger partial charge on any atom is -0.486 e. The summed E-state index contributed by atoms with van der Waals surface area (Å²) in [6.07, 6.45) is -0.671. The van der Waals surface area contributed by atoms with Crippen LogP contribution >= 0.6 is 0 Å². The number of ether oxygens (including phenoxy) is 1. The number of aliphatic hydroxyl groups excluding tert-OH is 1. The van der Waals surface area contributed by atoms with Crippen LogP contribution in [0.1, 0.15) is 13.8 Å². The van der Waals surface area contributed by atoms with Crippen molar-refractivity contribution in [2.24, 2.45) is 0 Å². The number of nitrogens with one attached hydrogen (secondary N) is 1. The molecule has 0 aliphatic carbocycles. The highest BCUT2D eigenvalue weighted by molar-refractivity contribution is 5.58. The first-order chi connectivity index (χ1) is 8.68. The molecule has 2 rings (SSSR count). The van der Waals surface area contributed by atoms with E-state index in [1.807, 2.05) is 25.1 Å². The molecule has 2 unspecified atom stereocenters. The van der Waals surface area contributed by atoms with E-state index in [0.29, 0.717) is 0 Å². The van der Waals surface area contributed by atoms with Crippen molar-refractivity contribution in [3.05, 3.63) is 24.3 Å². The smallest absolute Gasteiger partial charge is 0.143 e. The first kappa shape index (κ1) is 13.2. The molecule has 18 heavy (non-hydrogen) atoms. The topological polar surface area (TPSA) is 44.7 Å². The van der Waals surface area contributed by atoms with E-state index in [1.54, 1.807) is 6.92 Å². The van der Waals surface area contributed by atoms with E-state index in [-0.39, 0.29) is 6.10 Å². The van der Waals surface area contributed by atoms with Gasteiger partial charge in [-0.25, -0.2) is 0 Å². The number of benzene rings is 1. The van der Waals surface area contributed by atoms with Gasteiger partial charge in [0.1, 0.15) is 11.9 Å². The molecule has 0 spiro atoms. The summed E-state index contributed by atoms with van der Waals surface area (Å²) in [6, 6.07) is 8.04. The van der Waals surface area contributed by atoms with Gasteiger partial charge in [0.15, 0.2) is 0 Å². The number of nitrogens with zero attached hydrogens (tertiary/aromatic N) is 1. The molecule has 0 saturated carbocycles. The zero-order valence-corrected chi connectivity index (χ0v) is 11.1. The normalized spacial score (nSPS) is 19.4. The third-order valence-corrected chi connectivity index (χ3v) is 3.32. The van der Waals surface area contributed by atoms with Crippen molar-refractivity contribution in [1.82, 2.24) is 5.32 Å². The lowest BCUT2D eigenvalue weighted by molar-refractivity contribution is 0.0607. The Bertz CT molecular complexity index is 376. The molecule has 4 heteroatoms. The molecule has 1 fully saturated rings. The molecular formula is C14H22N2O2. The van der Waals surface area contributed by atoms with E-state index in [4.69, 9.17) is 4.74 Å². The standard InChI is InChI=1S/C14H22N2O2/c1-11(17)12(2)18-14-6-4-3-5-13(14)16-9-7-15-8-10-16/h3-6,11-12,15,17H,7-10H2,1-2H3. The number of hydrogen-bond acceptors (Lipinski definition) is 4. The third kappa shape index (κ3) is 3.15. The van der Waals surface area contributed by atoms with Crippen LogP contribution in [-0.2, 0) is 0 Å². The Morgan fingerprint density at radius 2 is 1.89 bits per heavy atom. The van der Waals surface area contributed by atoms with E-state index in [0.717, 1.165) is 37.6 Å². The van der Waals surface area contributed by atoms with E-state index in [1.165, 1.54) is 0 Å². The molecule has 2 N–H and O–H groups in total. The van der Waals surface area contributed by atoms with Crippen molar-refractivity contribution in [2.75, 3.05) is 31.1 Å². The summed E-state index contributed by atoms with van der Waals surface area (Å²) in [7, 11) is 0. The quantitative estimate of drug-likeness (QED) is 0.844. The van der Waals surface area contributed by atoms with Crippen molar-refractivity contribution in [1.29, 1.82) is 0 Å². The van der Waals surface area contributed by atoms with Gasteiger partial charge in [0.25, 0.3) is 0 Å². The first-order valence-electron chi connectivity index (χ1n) is 6.58. The average molecular weight is 250 g/mol. The van der Waals surface area contributed by atoms with Crippen LogP contribution in [0.2, 0.25) is 0 Å². The molecule has 0 bridgehead atoms. The van der Waals surface area contributed by atoms with Gasteiger partial charge < -0.3 is 20.1 Å². The Balaban J connectivity index is 2.14. The predicted molar refractivity (Wildman–Crippen MR) is 73.3 cm³/mol. The van der Waals surface area contributed by atoms with Gasteiger partial charge in [0.2, 0.25) is 0 Å². The lowest BCUT2D eigenvalue weighted by atomic mass is 10.2. The number of hydrogen-bond donors (Lipinski definition) is 2. The van der Waals surface area contributed by atoms with Gasteiger partial charge in [-0.1, -0.05) is 12.1 Å². The lowest BCUT2D eigenvalue weighted by Gasteiger charge is -2.31. The van der Waals surface area contributed by atoms with E-state index >= 15 is 0 Å². The van der Waals surface area contributed by atoms with Crippen LogP contribution in [0.5, 0.6) is 5.75 Å². The Morgan fingerprint density at radius 1 is 1.22 bits per heavy atom. The monoisotopic (exact) mass is 250 g/mol. The highest BCUT2D eigenvalue weighted by atomic mass is 16.5. The van der Waals surface area contributed by atoms with Crippen LogP contribution in [0.15, 0.2) is 24.3 Å². The maximum absolute atomic E-state index is 9.53. The molecule has 0 radical (unpaired) electrons. The molecule has 1 aliphatic rings. The SMILES string of the molecule is CC(O)C(C)Oc1ccccc1N1CCNCC1. The molecule has 0 aromatic heterocycles. The lowest BCUT2D eigenvalue weighted by Crippen LogP contribution is -2.43. The molecule has 0 amide bonds. The first-order valence-corrected chi connectivity index (χ1v) is 6.58. The summed E-state index contributed by atoms with van der Waals surface area (Å²) in [5.41, 5.74) is 1.12. The van der Waals surface area contributed by atoms with Gasteiger partial charge in [-0.3, -0.25) is 0 Å². The second kappa shape index (κ2) is 6.07. The van der Waals surface area contributed by atoms with E-state index in [2.05, 4.69) is 16.3 Å². The second-order valence-electron chi connectivity index (χ2n) is 4.77. The highest BCUT2D eigenvalue weighted by Crippen LogP contribution is 2.29. The van der Waals surface area contributed by atoms with Crippen molar-refractivity contribution in [3.8, 4) is 5.75 Å². The number of para-hydroxylation sites is 2. The fourth-order valence-electron chi connectivity index (χ4n) is 2.02. The fourth-order valence-corrected chi connectivity index (χ4v) is 2.02. The predicted octanol–water partition coefficient (Wildman–Crippen LogP) is 1.24. The van der Waals surface area contributed by atoms with Gasteiger partial charge in [-0.15, -0.1) is 0 Å². The summed E-state index contributed by atoms with van der Waals surface area (Å²) in [4.78, 5) is 2.32. The molecule has 4 nitrogen and oxygen atoms in total. The van der Waals surface area contributed by atoms with Crippen LogP contribution in [0.3, 0.4) is 0 Å². The summed E-state index contributed by atoms with van der Waals surface area (Å²) in [5.74, 6) is 0.854.